The van der Waals surface area contributed by atoms with Crippen molar-refractivity contribution in [1.82, 2.24) is 9.97 Å². The standard InChI is InChI=1S/C21H17F2N5O/c1-19(2)20(3)6-7-21(19,17-16(20)26-14(9-24)15(10-25)27-17)18(29)28-13-5-4-11(22)8-12(13)23/h4-5,8H,6-7H2,1-3H3,(H,28,29). The molecule has 0 spiro atoms. The summed E-state index contributed by atoms with van der Waals surface area (Å²) in [5.41, 5.74) is -1.84. The van der Waals surface area contributed by atoms with Crippen LogP contribution in [0.4, 0.5) is 14.5 Å². The molecular formula is C21H17F2N5O. The Balaban J connectivity index is 1.90. The van der Waals surface area contributed by atoms with Crippen LogP contribution in [-0.4, -0.2) is 15.9 Å². The van der Waals surface area contributed by atoms with Gasteiger partial charge in [-0.3, -0.25) is 4.79 Å². The van der Waals surface area contributed by atoms with Crippen LogP contribution in [0.5, 0.6) is 0 Å². The van der Waals surface area contributed by atoms with Gasteiger partial charge in [-0.25, -0.2) is 18.7 Å². The number of rotatable bonds is 2. The molecule has 0 radical (unpaired) electrons. The number of fused-ring (bicyclic) bond motifs is 5. The second kappa shape index (κ2) is 5.81. The Morgan fingerprint density at radius 2 is 1.69 bits per heavy atom. The van der Waals surface area contributed by atoms with E-state index in [1.165, 1.54) is 6.07 Å². The van der Waals surface area contributed by atoms with Crippen LogP contribution in [0.2, 0.25) is 0 Å². The number of hydrogen-bond acceptors (Lipinski definition) is 5. The van der Waals surface area contributed by atoms with Crippen molar-refractivity contribution in [3.8, 4) is 12.1 Å². The Kier molecular flexibility index (Phi) is 3.79. The molecule has 1 aromatic carbocycles. The number of aromatic nitrogens is 2. The lowest BCUT2D eigenvalue weighted by Crippen LogP contribution is -2.48. The van der Waals surface area contributed by atoms with Gasteiger partial charge in [-0.1, -0.05) is 20.8 Å². The van der Waals surface area contributed by atoms with E-state index < -0.39 is 33.8 Å². The lowest BCUT2D eigenvalue weighted by molar-refractivity contribution is -0.125. The average molecular weight is 393 g/mol. The monoisotopic (exact) mass is 393 g/mol. The van der Waals surface area contributed by atoms with E-state index in [9.17, 15) is 24.1 Å². The number of nitrogens with zero attached hydrogens (tertiary/aromatic N) is 4. The van der Waals surface area contributed by atoms with E-state index >= 15 is 0 Å². The van der Waals surface area contributed by atoms with Crippen LogP contribution in [0.3, 0.4) is 0 Å². The molecule has 0 saturated heterocycles. The highest BCUT2D eigenvalue weighted by molar-refractivity contribution is 6.01. The average Bonchev–Trinajstić information content (AvgIpc) is 2.98. The van der Waals surface area contributed by atoms with Gasteiger partial charge in [0.15, 0.2) is 11.4 Å². The third-order valence-corrected chi connectivity index (χ3v) is 7.05. The van der Waals surface area contributed by atoms with Crippen LogP contribution in [0.1, 0.15) is 56.4 Å². The Hall–Kier alpha value is -3.39. The van der Waals surface area contributed by atoms with E-state index in [2.05, 4.69) is 15.3 Å². The molecule has 2 atom stereocenters. The molecule has 8 heteroatoms. The number of nitriles is 2. The van der Waals surface area contributed by atoms with Gasteiger partial charge in [0.05, 0.1) is 22.5 Å². The molecule has 2 unspecified atom stereocenters. The fourth-order valence-electron chi connectivity index (χ4n) is 4.96. The predicted molar refractivity (Wildman–Crippen MR) is 98.5 cm³/mol. The fourth-order valence-corrected chi connectivity index (χ4v) is 4.96. The van der Waals surface area contributed by atoms with Crippen LogP contribution in [-0.2, 0) is 15.6 Å². The van der Waals surface area contributed by atoms with E-state index in [-0.39, 0.29) is 17.1 Å². The second-order valence-corrected chi connectivity index (χ2v) is 8.28. The van der Waals surface area contributed by atoms with Gasteiger partial charge in [-0.05, 0) is 30.4 Å². The molecule has 2 aliphatic carbocycles. The molecule has 1 fully saturated rings. The van der Waals surface area contributed by atoms with Crippen molar-refractivity contribution in [2.75, 3.05) is 5.32 Å². The number of halogens is 2. The molecule has 1 N–H and O–H groups in total. The van der Waals surface area contributed by atoms with Gasteiger partial charge >= 0.3 is 0 Å². The van der Waals surface area contributed by atoms with Gasteiger partial charge in [0.25, 0.3) is 0 Å². The van der Waals surface area contributed by atoms with Gasteiger partial charge in [-0.2, -0.15) is 10.5 Å². The zero-order valence-corrected chi connectivity index (χ0v) is 16.1. The summed E-state index contributed by atoms with van der Waals surface area (Å²) in [6.07, 6.45) is 1.06. The molecule has 1 aromatic heterocycles. The number of nitrogens with one attached hydrogen (secondary N) is 1. The summed E-state index contributed by atoms with van der Waals surface area (Å²) >= 11 is 0. The van der Waals surface area contributed by atoms with Gasteiger partial charge in [-0.15, -0.1) is 0 Å². The van der Waals surface area contributed by atoms with E-state index in [0.29, 0.717) is 30.3 Å². The number of anilines is 1. The molecule has 6 nitrogen and oxygen atoms in total. The summed E-state index contributed by atoms with van der Waals surface area (Å²) in [6.45, 7) is 5.80. The summed E-state index contributed by atoms with van der Waals surface area (Å²) in [5, 5.41) is 21.3. The first kappa shape index (κ1) is 18.9. The lowest BCUT2D eigenvalue weighted by atomic mass is 9.63. The number of benzene rings is 1. The molecule has 0 aliphatic heterocycles. The number of amides is 1. The molecule has 1 heterocycles. The second-order valence-electron chi connectivity index (χ2n) is 8.28. The third kappa shape index (κ3) is 2.14. The zero-order chi connectivity index (χ0) is 21.2. The Bertz CT molecular complexity index is 1160. The minimum Gasteiger partial charge on any atom is -0.323 e. The highest BCUT2D eigenvalue weighted by Crippen LogP contribution is 2.70. The maximum atomic E-state index is 14.2. The Morgan fingerprint density at radius 1 is 1.07 bits per heavy atom. The molecule has 2 aliphatic rings. The zero-order valence-electron chi connectivity index (χ0n) is 16.1. The first-order valence-electron chi connectivity index (χ1n) is 9.12. The highest BCUT2D eigenvalue weighted by Gasteiger charge is 2.73. The summed E-state index contributed by atoms with van der Waals surface area (Å²) in [4.78, 5) is 22.3. The summed E-state index contributed by atoms with van der Waals surface area (Å²) in [7, 11) is 0. The topological polar surface area (TPSA) is 102 Å². The number of carbonyl (C=O) groups is 1. The van der Waals surface area contributed by atoms with Crippen LogP contribution in [0.15, 0.2) is 18.2 Å². The maximum Gasteiger partial charge on any atom is 0.237 e. The van der Waals surface area contributed by atoms with Crippen molar-refractivity contribution in [2.45, 2.75) is 44.4 Å². The quantitative estimate of drug-likeness (QED) is 0.842. The summed E-state index contributed by atoms with van der Waals surface area (Å²) in [5.74, 6) is -2.11. The number of carbonyl (C=O) groups excluding carboxylic acids is 1. The van der Waals surface area contributed by atoms with E-state index in [4.69, 9.17) is 0 Å². The first-order valence-corrected chi connectivity index (χ1v) is 9.12. The highest BCUT2D eigenvalue weighted by atomic mass is 19.1. The van der Waals surface area contributed by atoms with Crippen LogP contribution >= 0.6 is 0 Å². The number of hydrogen-bond donors (Lipinski definition) is 1. The van der Waals surface area contributed by atoms with Crippen molar-refractivity contribution in [3.05, 3.63) is 52.6 Å². The maximum absolute atomic E-state index is 14.2. The molecule has 1 amide bonds. The molecular weight excluding hydrogens is 376 g/mol. The SMILES string of the molecule is CC12CCC(C(=O)Nc3ccc(F)cc3F)(c3nc(C#N)c(C#N)nc31)C2(C)C. The lowest BCUT2D eigenvalue weighted by Gasteiger charge is -2.39. The molecule has 146 valence electrons. The van der Waals surface area contributed by atoms with Crippen molar-refractivity contribution >= 4 is 11.6 Å². The van der Waals surface area contributed by atoms with E-state index in [1.807, 2.05) is 32.9 Å². The Labute approximate surface area is 166 Å². The molecule has 2 bridgehead atoms. The predicted octanol–water partition coefficient (Wildman–Crippen LogP) is 3.47. The first-order chi connectivity index (χ1) is 13.6. The van der Waals surface area contributed by atoms with E-state index in [0.717, 1.165) is 6.07 Å². The van der Waals surface area contributed by atoms with Gasteiger partial charge in [0, 0.05) is 11.5 Å². The Morgan fingerprint density at radius 3 is 2.28 bits per heavy atom. The van der Waals surface area contributed by atoms with Crippen molar-refractivity contribution < 1.29 is 13.6 Å². The summed E-state index contributed by atoms with van der Waals surface area (Å²) in [6, 6.07) is 6.69. The van der Waals surface area contributed by atoms with Gasteiger partial charge in [0.2, 0.25) is 5.91 Å². The smallest absolute Gasteiger partial charge is 0.237 e. The third-order valence-electron chi connectivity index (χ3n) is 7.05. The largest absolute Gasteiger partial charge is 0.323 e. The molecule has 29 heavy (non-hydrogen) atoms. The van der Waals surface area contributed by atoms with Gasteiger partial charge < -0.3 is 5.32 Å². The van der Waals surface area contributed by atoms with Crippen LogP contribution < -0.4 is 5.32 Å². The van der Waals surface area contributed by atoms with Crippen molar-refractivity contribution in [2.24, 2.45) is 5.41 Å². The van der Waals surface area contributed by atoms with Crippen molar-refractivity contribution in [3.63, 3.8) is 0 Å². The molecule has 4 rings (SSSR count). The summed E-state index contributed by atoms with van der Waals surface area (Å²) < 4.78 is 27.4. The minimum absolute atomic E-state index is 0.0732. The normalized spacial score (nSPS) is 25.8. The van der Waals surface area contributed by atoms with Gasteiger partial charge in [0.1, 0.15) is 23.8 Å². The van der Waals surface area contributed by atoms with Crippen LogP contribution in [0.25, 0.3) is 0 Å². The fraction of sp³-hybridized carbons (Fsp3) is 0.381. The minimum atomic E-state index is -1.16. The van der Waals surface area contributed by atoms with Crippen molar-refractivity contribution in [1.29, 1.82) is 10.5 Å². The van der Waals surface area contributed by atoms with Crippen LogP contribution in [0, 0.1) is 39.7 Å². The van der Waals surface area contributed by atoms with E-state index in [1.54, 1.807) is 0 Å². The molecule has 2 aromatic rings. The molecule has 1 saturated carbocycles.